The molecule has 2 aromatic carbocycles. The van der Waals surface area contributed by atoms with E-state index in [1.165, 1.54) is 0 Å². The van der Waals surface area contributed by atoms with E-state index < -0.39 is 5.63 Å². The van der Waals surface area contributed by atoms with Crippen molar-refractivity contribution >= 4 is 27.6 Å². The summed E-state index contributed by atoms with van der Waals surface area (Å²) in [6, 6.07) is 14.9. The van der Waals surface area contributed by atoms with Crippen LogP contribution >= 0.6 is 0 Å². The van der Waals surface area contributed by atoms with Crippen LogP contribution in [0.3, 0.4) is 0 Å². The van der Waals surface area contributed by atoms with Gasteiger partial charge in [-0.3, -0.25) is 10.1 Å². The quantitative estimate of drug-likeness (QED) is 0.576. The highest BCUT2D eigenvalue weighted by Gasteiger charge is 2.10. The number of hydrogen-bond donors (Lipinski definition) is 1. The van der Waals surface area contributed by atoms with Crippen LogP contribution in [0.5, 0.6) is 11.5 Å². The summed E-state index contributed by atoms with van der Waals surface area (Å²) in [7, 11) is 3.17. The zero-order valence-electron chi connectivity index (χ0n) is 13.8. The highest BCUT2D eigenvalue weighted by molar-refractivity contribution is 5.85. The molecule has 0 bridgehead atoms. The van der Waals surface area contributed by atoms with Crippen molar-refractivity contribution < 1.29 is 13.9 Å². The molecule has 0 unspecified atom stereocenters. The van der Waals surface area contributed by atoms with Gasteiger partial charge in [-0.2, -0.15) is 0 Å². The molecule has 4 aromatic rings. The Balaban J connectivity index is 1.78. The lowest BCUT2D eigenvalue weighted by Gasteiger charge is -2.10. The van der Waals surface area contributed by atoms with Gasteiger partial charge in [-0.1, -0.05) is 12.1 Å². The standard InChI is InChI=1S/C19H16N2O4/c1-23-14-6-7-16-12(10-14)8-9-21(16)20-15-11-13-4-3-5-17(24-2)18(13)25-19(15)22/h3-11,20H,1-2H3. The fourth-order valence-electron chi connectivity index (χ4n) is 2.83. The molecule has 6 heteroatoms. The van der Waals surface area contributed by atoms with Crippen LogP contribution < -0.4 is 20.5 Å². The molecular weight excluding hydrogens is 320 g/mol. The van der Waals surface area contributed by atoms with Gasteiger partial charge in [0.15, 0.2) is 11.3 Å². The van der Waals surface area contributed by atoms with E-state index in [1.54, 1.807) is 31.0 Å². The second-order valence-corrected chi connectivity index (χ2v) is 5.55. The normalized spacial score (nSPS) is 11.0. The van der Waals surface area contributed by atoms with E-state index in [-0.39, 0.29) is 0 Å². The van der Waals surface area contributed by atoms with E-state index >= 15 is 0 Å². The van der Waals surface area contributed by atoms with Crippen LogP contribution in [0.2, 0.25) is 0 Å². The number of fused-ring (bicyclic) bond motifs is 2. The first-order valence-corrected chi connectivity index (χ1v) is 7.72. The molecule has 0 aliphatic rings. The Labute approximate surface area is 143 Å². The molecule has 6 nitrogen and oxygen atoms in total. The van der Waals surface area contributed by atoms with Crippen LogP contribution in [-0.4, -0.2) is 18.9 Å². The molecule has 25 heavy (non-hydrogen) atoms. The SMILES string of the molecule is COc1ccc2c(ccn2Nc2cc3cccc(OC)c3oc2=O)c1. The smallest absolute Gasteiger partial charge is 0.361 e. The van der Waals surface area contributed by atoms with Gasteiger partial charge in [0.05, 0.1) is 19.7 Å². The molecule has 0 spiro atoms. The van der Waals surface area contributed by atoms with Crippen LogP contribution in [0.1, 0.15) is 0 Å². The van der Waals surface area contributed by atoms with E-state index in [4.69, 9.17) is 13.9 Å². The molecule has 2 heterocycles. The number of rotatable bonds is 4. The van der Waals surface area contributed by atoms with Gasteiger partial charge < -0.3 is 13.9 Å². The van der Waals surface area contributed by atoms with Crippen LogP contribution in [0, 0.1) is 0 Å². The minimum atomic E-state index is -0.465. The minimum Gasteiger partial charge on any atom is -0.497 e. The van der Waals surface area contributed by atoms with Crippen molar-refractivity contribution in [1.29, 1.82) is 0 Å². The molecule has 0 atom stereocenters. The van der Waals surface area contributed by atoms with E-state index in [0.717, 1.165) is 22.0 Å². The minimum absolute atomic E-state index is 0.342. The number of aromatic nitrogens is 1. The van der Waals surface area contributed by atoms with Gasteiger partial charge in [-0.15, -0.1) is 0 Å². The Bertz CT molecular complexity index is 1130. The number of para-hydroxylation sites is 1. The first kappa shape index (κ1) is 15.1. The number of ether oxygens (including phenoxy) is 2. The predicted octanol–water partition coefficient (Wildman–Crippen LogP) is 3.64. The maximum Gasteiger partial charge on any atom is 0.361 e. The molecule has 0 amide bonds. The molecular formula is C19H16N2O4. The largest absolute Gasteiger partial charge is 0.497 e. The van der Waals surface area contributed by atoms with Gasteiger partial charge in [0, 0.05) is 17.0 Å². The average Bonchev–Trinajstić information content (AvgIpc) is 3.04. The van der Waals surface area contributed by atoms with Crippen molar-refractivity contribution in [3.8, 4) is 11.5 Å². The molecule has 4 rings (SSSR count). The fourth-order valence-corrected chi connectivity index (χ4v) is 2.83. The Morgan fingerprint density at radius 3 is 2.68 bits per heavy atom. The van der Waals surface area contributed by atoms with Crippen LogP contribution in [0.4, 0.5) is 5.69 Å². The number of nitrogens with zero attached hydrogens (tertiary/aromatic N) is 1. The summed E-state index contributed by atoms with van der Waals surface area (Å²) in [5.41, 5.74) is 4.32. The fraction of sp³-hybridized carbons (Fsp3) is 0.105. The highest BCUT2D eigenvalue weighted by Crippen LogP contribution is 2.26. The second-order valence-electron chi connectivity index (χ2n) is 5.55. The maximum atomic E-state index is 12.3. The highest BCUT2D eigenvalue weighted by atomic mass is 16.5. The summed E-state index contributed by atoms with van der Waals surface area (Å²) < 4.78 is 17.7. The number of hydrogen-bond acceptors (Lipinski definition) is 5. The van der Waals surface area contributed by atoms with Crippen molar-refractivity contribution in [2.45, 2.75) is 0 Å². The van der Waals surface area contributed by atoms with Gasteiger partial charge in [0.2, 0.25) is 0 Å². The summed E-state index contributed by atoms with van der Waals surface area (Å²) in [5, 5.41) is 1.78. The Morgan fingerprint density at radius 2 is 1.88 bits per heavy atom. The number of methoxy groups -OCH3 is 2. The van der Waals surface area contributed by atoms with Gasteiger partial charge in [0.25, 0.3) is 0 Å². The summed E-state index contributed by atoms with van der Waals surface area (Å²) in [5.74, 6) is 1.31. The van der Waals surface area contributed by atoms with Crippen LogP contribution in [0.15, 0.2) is 63.9 Å². The number of anilines is 1. The lowest BCUT2D eigenvalue weighted by Crippen LogP contribution is -2.15. The summed E-state index contributed by atoms with van der Waals surface area (Å²) in [6.45, 7) is 0. The van der Waals surface area contributed by atoms with Crippen LogP contribution in [-0.2, 0) is 0 Å². The lowest BCUT2D eigenvalue weighted by atomic mass is 10.2. The first-order chi connectivity index (χ1) is 12.2. The second kappa shape index (κ2) is 5.90. The van der Waals surface area contributed by atoms with Crippen LogP contribution in [0.25, 0.3) is 21.9 Å². The molecule has 126 valence electrons. The Hall–Kier alpha value is -3.41. The molecule has 1 N–H and O–H groups in total. The average molecular weight is 336 g/mol. The lowest BCUT2D eigenvalue weighted by molar-refractivity contribution is 0.407. The van der Waals surface area contributed by atoms with E-state index in [1.807, 2.05) is 42.6 Å². The van der Waals surface area contributed by atoms with E-state index in [0.29, 0.717) is 17.0 Å². The molecule has 0 radical (unpaired) electrons. The monoisotopic (exact) mass is 336 g/mol. The Kier molecular flexibility index (Phi) is 3.57. The summed E-state index contributed by atoms with van der Waals surface area (Å²) in [4.78, 5) is 12.3. The van der Waals surface area contributed by atoms with E-state index in [2.05, 4.69) is 5.43 Å². The van der Waals surface area contributed by atoms with Crippen molar-refractivity contribution in [2.75, 3.05) is 19.6 Å². The van der Waals surface area contributed by atoms with Gasteiger partial charge in [0.1, 0.15) is 11.4 Å². The molecule has 0 fully saturated rings. The summed E-state index contributed by atoms with van der Waals surface area (Å²) >= 11 is 0. The Morgan fingerprint density at radius 1 is 1.00 bits per heavy atom. The zero-order chi connectivity index (χ0) is 17.4. The van der Waals surface area contributed by atoms with Crippen molar-refractivity contribution in [3.05, 3.63) is 65.1 Å². The van der Waals surface area contributed by atoms with Crippen molar-refractivity contribution in [2.24, 2.45) is 0 Å². The third-order valence-corrected chi connectivity index (χ3v) is 4.08. The maximum absolute atomic E-state index is 12.3. The number of benzene rings is 2. The van der Waals surface area contributed by atoms with Gasteiger partial charge in [-0.25, -0.2) is 4.79 Å². The summed E-state index contributed by atoms with van der Waals surface area (Å²) in [6.07, 6.45) is 1.85. The third-order valence-electron chi connectivity index (χ3n) is 4.08. The van der Waals surface area contributed by atoms with Gasteiger partial charge >= 0.3 is 5.63 Å². The predicted molar refractivity (Wildman–Crippen MR) is 96.5 cm³/mol. The van der Waals surface area contributed by atoms with Crippen molar-refractivity contribution in [3.63, 3.8) is 0 Å². The zero-order valence-corrected chi connectivity index (χ0v) is 13.8. The first-order valence-electron chi connectivity index (χ1n) is 7.72. The number of nitrogens with one attached hydrogen (secondary N) is 1. The molecule has 0 saturated heterocycles. The van der Waals surface area contributed by atoms with Gasteiger partial charge in [-0.05, 0) is 36.4 Å². The third kappa shape index (κ3) is 2.57. The topological polar surface area (TPSA) is 65.6 Å². The van der Waals surface area contributed by atoms with Crippen molar-refractivity contribution in [1.82, 2.24) is 4.68 Å². The molecule has 2 aromatic heterocycles. The molecule has 0 aliphatic carbocycles. The molecule has 0 saturated carbocycles. The van der Waals surface area contributed by atoms with E-state index in [9.17, 15) is 4.79 Å². The molecule has 0 aliphatic heterocycles.